The van der Waals surface area contributed by atoms with Crippen LogP contribution < -0.4 is 9.83 Å². The molecule has 0 amide bonds. The van der Waals surface area contributed by atoms with Crippen LogP contribution >= 0.6 is 0 Å². The van der Waals surface area contributed by atoms with Gasteiger partial charge in [-0.05, 0) is 29.7 Å². The molecule has 3 aromatic carbocycles. The summed E-state index contributed by atoms with van der Waals surface area (Å²) in [6.45, 7) is 0.192. The Hall–Kier alpha value is -3.63. The van der Waals surface area contributed by atoms with Crippen LogP contribution in [0.2, 0.25) is 0 Å². The standard InChI is InChI=1S/C21H17N3O3S/c22-14-17-10-4-7-13-20(17)28(26,27)24-19-12-6-5-11-18(19)21(25)23-15-16-8-2-1-3-9-16/h1-13,24H,15H2,(H,23,25)/p-1. The van der Waals surface area contributed by atoms with Crippen molar-refractivity contribution in [3.8, 4) is 6.07 Å². The first kappa shape index (κ1) is 19.1. The van der Waals surface area contributed by atoms with Gasteiger partial charge in [-0.2, -0.15) is 5.26 Å². The van der Waals surface area contributed by atoms with Crippen LogP contribution in [0.1, 0.15) is 16.7 Å². The maximum atomic E-state index is 12.7. The minimum atomic E-state index is -4.05. The van der Waals surface area contributed by atoms with Crippen LogP contribution in [0.5, 0.6) is 0 Å². The Labute approximate surface area is 163 Å². The summed E-state index contributed by atoms with van der Waals surface area (Å²) in [5, 5.41) is 21.7. The van der Waals surface area contributed by atoms with Crippen molar-refractivity contribution in [2.45, 2.75) is 11.4 Å². The van der Waals surface area contributed by atoms with Gasteiger partial charge in [-0.1, -0.05) is 60.7 Å². The Morgan fingerprint density at radius 2 is 1.61 bits per heavy atom. The summed E-state index contributed by atoms with van der Waals surface area (Å²) in [5.41, 5.74) is 1.14. The summed E-state index contributed by atoms with van der Waals surface area (Å²) >= 11 is 0. The Morgan fingerprint density at radius 3 is 2.36 bits per heavy atom. The lowest BCUT2D eigenvalue weighted by Crippen LogP contribution is -2.23. The first-order valence-electron chi connectivity index (χ1n) is 8.38. The van der Waals surface area contributed by atoms with Gasteiger partial charge in [-0.25, -0.2) is 8.42 Å². The number of nitrogens with zero attached hydrogens (tertiary/aromatic N) is 2. The van der Waals surface area contributed by atoms with Crippen molar-refractivity contribution in [2.24, 2.45) is 4.99 Å². The second-order valence-electron chi connectivity index (χ2n) is 5.87. The summed E-state index contributed by atoms with van der Waals surface area (Å²) in [4.78, 5) is 3.88. The highest BCUT2D eigenvalue weighted by Gasteiger charge is 2.19. The highest BCUT2D eigenvalue weighted by atomic mass is 32.2. The molecule has 1 N–H and O–H groups in total. The van der Waals surface area contributed by atoms with E-state index in [2.05, 4.69) is 9.71 Å². The fourth-order valence-electron chi connectivity index (χ4n) is 2.58. The molecule has 0 spiro atoms. The number of sulfonamides is 1. The predicted octanol–water partition coefficient (Wildman–Crippen LogP) is 2.67. The number of aliphatic imine (C=N–C) groups is 1. The van der Waals surface area contributed by atoms with Gasteiger partial charge in [0.15, 0.2) is 0 Å². The van der Waals surface area contributed by atoms with Crippen molar-refractivity contribution in [3.63, 3.8) is 0 Å². The molecule has 0 heterocycles. The highest BCUT2D eigenvalue weighted by Crippen LogP contribution is 2.22. The predicted molar refractivity (Wildman–Crippen MR) is 105 cm³/mol. The van der Waals surface area contributed by atoms with E-state index in [1.54, 1.807) is 18.2 Å². The lowest BCUT2D eigenvalue weighted by atomic mass is 10.2. The lowest BCUT2D eigenvalue weighted by molar-refractivity contribution is -0.213. The van der Waals surface area contributed by atoms with Gasteiger partial charge in [0.25, 0.3) is 10.0 Å². The number of anilines is 1. The molecule has 0 unspecified atom stereocenters. The largest absolute Gasteiger partial charge is 0.858 e. The number of nitriles is 1. The van der Waals surface area contributed by atoms with Gasteiger partial charge in [0.2, 0.25) is 0 Å². The van der Waals surface area contributed by atoms with Gasteiger partial charge in [0, 0.05) is 5.56 Å². The molecule has 6 nitrogen and oxygen atoms in total. The molecule has 0 saturated heterocycles. The summed E-state index contributed by atoms with van der Waals surface area (Å²) in [5.74, 6) is -0.532. The second-order valence-corrected chi connectivity index (χ2v) is 7.52. The van der Waals surface area contributed by atoms with Crippen LogP contribution in [0.15, 0.2) is 88.8 Å². The molecule has 28 heavy (non-hydrogen) atoms. The van der Waals surface area contributed by atoms with Gasteiger partial charge in [0.05, 0.1) is 17.8 Å². The fourth-order valence-corrected chi connectivity index (χ4v) is 3.82. The van der Waals surface area contributed by atoms with Crippen LogP contribution in [0, 0.1) is 11.3 Å². The minimum Gasteiger partial charge on any atom is -0.858 e. The van der Waals surface area contributed by atoms with Crippen molar-refractivity contribution < 1.29 is 13.5 Å². The van der Waals surface area contributed by atoms with Crippen LogP contribution in [0.3, 0.4) is 0 Å². The van der Waals surface area contributed by atoms with E-state index in [9.17, 15) is 13.5 Å². The molecule has 0 bridgehead atoms. The van der Waals surface area contributed by atoms with Crippen molar-refractivity contribution in [2.75, 3.05) is 4.72 Å². The molecule has 3 rings (SSSR count). The van der Waals surface area contributed by atoms with E-state index in [1.807, 2.05) is 36.4 Å². The molecule has 0 aliphatic rings. The van der Waals surface area contributed by atoms with E-state index in [1.165, 1.54) is 30.3 Å². The second kappa shape index (κ2) is 8.37. The molecule has 0 fully saturated rings. The van der Waals surface area contributed by atoms with Crippen LogP contribution in [-0.4, -0.2) is 14.3 Å². The maximum absolute atomic E-state index is 12.7. The zero-order chi connectivity index (χ0) is 20.0. The van der Waals surface area contributed by atoms with Gasteiger partial charge in [0.1, 0.15) is 11.0 Å². The van der Waals surface area contributed by atoms with E-state index in [0.29, 0.717) is 0 Å². The Balaban J connectivity index is 1.91. The monoisotopic (exact) mass is 390 g/mol. The van der Waals surface area contributed by atoms with E-state index >= 15 is 0 Å². The summed E-state index contributed by atoms with van der Waals surface area (Å²) < 4.78 is 27.9. The van der Waals surface area contributed by atoms with Crippen molar-refractivity contribution in [1.29, 1.82) is 5.26 Å². The van der Waals surface area contributed by atoms with Crippen molar-refractivity contribution >= 4 is 21.6 Å². The summed E-state index contributed by atoms with van der Waals surface area (Å²) in [6.07, 6.45) is 0. The Morgan fingerprint density at radius 1 is 0.964 bits per heavy atom. The van der Waals surface area contributed by atoms with Gasteiger partial charge in [-0.3, -0.25) is 9.71 Å². The highest BCUT2D eigenvalue weighted by molar-refractivity contribution is 7.92. The molecule has 7 heteroatoms. The number of benzene rings is 3. The lowest BCUT2D eigenvalue weighted by Gasteiger charge is -2.17. The first-order valence-corrected chi connectivity index (χ1v) is 9.86. The average Bonchev–Trinajstić information content (AvgIpc) is 2.73. The topological polar surface area (TPSA) is 105 Å². The zero-order valence-corrected chi connectivity index (χ0v) is 15.6. The molecule has 0 aliphatic heterocycles. The van der Waals surface area contributed by atoms with Gasteiger partial charge in [-0.15, -0.1) is 0 Å². The maximum Gasteiger partial charge on any atom is 0.263 e. The molecular formula is C21H16N3O3S-. The first-order chi connectivity index (χ1) is 13.5. The van der Waals surface area contributed by atoms with E-state index in [0.717, 1.165) is 5.56 Å². The molecule has 0 radical (unpaired) electrons. The van der Waals surface area contributed by atoms with Crippen molar-refractivity contribution in [1.82, 2.24) is 0 Å². The van der Waals surface area contributed by atoms with E-state index < -0.39 is 15.9 Å². The summed E-state index contributed by atoms with van der Waals surface area (Å²) in [6, 6.07) is 23.2. The third-order valence-electron chi connectivity index (χ3n) is 3.95. The number of rotatable bonds is 6. The minimum absolute atomic E-state index is 0.0209. The molecular weight excluding hydrogens is 374 g/mol. The quantitative estimate of drug-likeness (QED) is 0.516. The number of para-hydroxylation sites is 1. The smallest absolute Gasteiger partial charge is 0.263 e. The zero-order valence-electron chi connectivity index (χ0n) is 14.7. The Kier molecular flexibility index (Phi) is 5.72. The van der Waals surface area contributed by atoms with Gasteiger partial charge < -0.3 is 5.11 Å². The molecule has 0 aromatic heterocycles. The molecule has 3 aromatic rings. The third-order valence-corrected chi connectivity index (χ3v) is 5.37. The molecule has 0 atom stereocenters. The fraction of sp³-hybridized carbons (Fsp3) is 0.0476. The molecule has 0 saturated carbocycles. The number of nitrogens with one attached hydrogen (secondary N) is 1. The number of hydrogen-bond acceptors (Lipinski definition) is 5. The van der Waals surface area contributed by atoms with Crippen LogP contribution in [0.25, 0.3) is 0 Å². The summed E-state index contributed by atoms with van der Waals surface area (Å²) in [7, 11) is -4.05. The number of hydrogen-bond donors (Lipinski definition) is 1. The van der Waals surface area contributed by atoms with E-state index in [-0.39, 0.29) is 28.3 Å². The third kappa shape index (κ3) is 4.37. The van der Waals surface area contributed by atoms with Gasteiger partial charge >= 0.3 is 0 Å². The SMILES string of the molecule is N#Cc1ccccc1S(=O)(=O)Nc1ccccc1C([O-])=NCc1ccccc1. The van der Waals surface area contributed by atoms with Crippen LogP contribution in [-0.2, 0) is 16.6 Å². The Bertz CT molecular complexity index is 1150. The van der Waals surface area contributed by atoms with Crippen LogP contribution in [0.4, 0.5) is 5.69 Å². The van der Waals surface area contributed by atoms with Crippen molar-refractivity contribution in [3.05, 3.63) is 95.6 Å². The molecule has 140 valence electrons. The average molecular weight is 390 g/mol. The molecule has 0 aliphatic carbocycles. The normalized spacial score (nSPS) is 11.6. The van der Waals surface area contributed by atoms with E-state index in [4.69, 9.17) is 5.26 Å².